The monoisotopic (exact) mass is 465 g/mol. The van der Waals surface area contributed by atoms with Gasteiger partial charge in [0.2, 0.25) is 0 Å². The van der Waals surface area contributed by atoms with Gasteiger partial charge in [0.25, 0.3) is 5.91 Å². The van der Waals surface area contributed by atoms with Gasteiger partial charge in [-0.3, -0.25) is 4.79 Å². The Balaban J connectivity index is 2.08. The predicted molar refractivity (Wildman–Crippen MR) is 89.7 cm³/mol. The molecular formula is C13H10Br3NOS. The van der Waals surface area contributed by atoms with E-state index in [-0.39, 0.29) is 11.9 Å². The van der Waals surface area contributed by atoms with E-state index in [2.05, 4.69) is 53.1 Å². The summed E-state index contributed by atoms with van der Waals surface area (Å²) in [5, 5.41) is 2.99. The van der Waals surface area contributed by atoms with Crippen LogP contribution in [0.15, 0.2) is 43.1 Å². The van der Waals surface area contributed by atoms with Crippen LogP contribution < -0.4 is 5.32 Å². The molecule has 19 heavy (non-hydrogen) atoms. The number of rotatable bonds is 3. The summed E-state index contributed by atoms with van der Waals surface area (Å²) in [6.07, 6.45) is 0. The number of carbonyl (C=O) groups is 1. The minimum Gasteiger partial charge on any atom is -0.345 e. The minimum absolute atomic E-state index is 0.0275. The van der Waals surface area contributed by atoms with Crippen molar-refractivity contribution in [2.24, 2.45) is 0 Å². The smallest absolute Gasteiger partial charge is 0.261 e. The van der Waals surface area contributed by atoms with Crippen LogP contribution in [-0.4, -0.2) is 5.91 Å². The zero-order valence-corrected chi connectivity index (χ0v) is 15.5. The number of hydrogen-bond acceptors (Lipinski definition) is 2. The Hall–Kier alpha value is -0.170. The molecule has 6 heteroatoms. The molecule has 100 valence electrons. The molecule has 1 aromatic heterocycles. The third-order valence-corrected chi connectivity index (χ3v) is 6.37. The van der Waals surface area contributed by atoms with Crippen molar-refractivity contribution >= 4 is 65.0 Å². The lowest BCUT2D eigenvalue weighted by Crippen LogP contribution is -2.25. The molecule has 2 nitrogen and oxygen atoms in total. The van der Waals surface area contributed by atoms with Crippen LogP contribution in [0.2, 0.25) is 0 Å². The van der Waals surface area contributed by atoms with Crippen molar-refractivity contribution in [2.45, 2.75) is 13.0 Å². The van der Waals surface area contributed by atoms with Gasteiger partial charge in [0, 0.05) is 8.95 Å². The van der Waals surface area contributed by atoms with Gasteiger partial charge in [-0.05, 0) is 62.5 Å². The van der Waals surface area contributed by atoms with Gasteiger partial charge in [-0.1, -0.05) is 28.1 Å². The molecule has 1 N–H and O–H groups in total. The van der Waals surface area contributed by atoms with Crippen LogP contribution in [0.25, 0.3) is 0 Å². The molecule has 1 unspecified atom stereocenters. The summed E-state index contributed by atoms with van der Waals surface area (Å²) < 4.78 is 2.86. The van der Waals surface area contributed by atoms with Crippen LogP contribution in [0.4, 0.5) is 0 Å². The van der Waals surface area contributed by atoms with E-state index in [4.69, 9.17) is 0 Å². The maximum Gasteiger partial charge on any atom is 0.261 e. The molecule has 0 aliphatic rings. The number of amides is 1. The first-order valence-corrected chi connectivity index (χ1v) is 8.68. The summed E-state index contributed by atoms with van der Waals surface area (Å²) in [7, 11) is 0. The number of halogens is 3. The van der Waals surface area contributed by atoms with E-state index in [0.717, 1.165) is 18.3 Å². The summed E-state index contributed by atoms with van der Waals surface area (Å²) in [4.78, 5) is 12.8. The molecule has 0 spiro atoms. The molecule has 1 aromatic carbocycles. The average Bonchev–Trinajstić information content (AvgIpc) is 2.70. The highest BCUT2D eigenvalue weighted by Crippen LogP contribution is 2.32. The number of carbonyl (C=O) groups excluding carboxylic acids is 1. The van der Waals surface area contributed by atoms with Crippen LogP contribution >= 0.6 is 59.1 Å². The van der Waals surface area contributed by atoms with Crippen LogP contribution in [0.3, 0.4) is 0 Å². The molecular weight excluding hydrogens is 458 g/mol. The summed E-state index contributed by atoms with van der Waals surface area (Å²) in [6.45, 7) is 1.97. The van der Waals surface area contributed by atoms with E-state index in [0.29, 0.717) is 4.88 Å². The Morgan fingerprint density at radius 2 is 1.84 bits per heavy atom. The highest BCUT2D eigenvalue weighted by molar-refractivity contribution is 9.13. The lowest BCUT2D eigenvalue weighted by Gasteiger charge is -2.13. The zero-order chi connectivity index (χ0) is 14.0. The Morgan fingerprint density at radius 3 is 2.37 bits per heavy atom. The van der Waals surface area contributed by atoms with Crippen molar-refractivity contribution in [3.8, 4) is 0 Å². The molecule has 0 radical (unpaired) electrons. The minimum atomic E-state index is -0.0631. The molecule has 0 aliphatic heterocycles. The van der Waals surface area contributed by atoms with Crippen molar-refractivity contribution in [3.63, 3.8) is 0 Å². The fourth-order valence-electron chi connectivity index (χ4n) is 1.56. The second-order valence-electron chi connectivity index (χ2n) is 3.98. The Kier molecular flexibility index (Phi) is 5.22. The number of thiophene rings is 1. The Bertz CT molecular complexity index is 575. The van der Waals surface area contributed by atoms with E-state index in [1.165, 1.54) is 11.3 Å². The van der Waals surface area contributed by atoms with Crippen molar-refractivity contribution < 1.29 is 4.79 Å². The number of nitrogens with one attached hydrogen (secondary N) is 1. The molecule has 0 saturated heterocycles. The Morgan fingerprint density at radius 1 is 1.21 bits per heavy atom. The van der Waals surface area contributed by atoms with Gasteiger partial charge in [-0.25, -0.2) is 0 Å². The predicted octanol–water partition coefficient (Wildman–Crippen LogP) is 5.53. The number of benzene rings is 1. The van der Waals surface area contributed by atoms with E-state index in [9.17, 15) is 4.79 Å². The van der Waals surface area contributed by atoms with Crippen LogP contribution in [0, 0.1) is 0 Å². The van der Waals surface area contributed by atoms with Crippen LogP contribution in [-0.2, 0) is 0 Å². The van der Waals surface area contributed by atoms with E-state index < -0.39 is 0 Å². The zero-order valence-electron chi connectivity index (χ0n) is 9.91. The molecule has 1 heterocycles. The molecule has 0 bridgehead atoms. The van der Waals surface area contributed by atoms with Crippen molar-refractivity contribution in [1.29, 1.82) is 0 Å². The van der Waals surface area contributed by atoms with Crippen molar-refractivity contribution in [1.82, 2.24) is 5.32 Å². The molecule has 2 aromatic rings. The summed E-state index contributed by atoms with van der Waals surface area (Å²) in [5.41, 5.74) is 1.08. The second kappa shape index (κ2) is 6.52. The first-order valence-electron chi connectivity index (χ1n) is 5.48. The summed E-state index contributed by atoms with van der Waals surface area (Å²) in [5.74, 6) is -0.0631. The van der Waals surface area contributed by atoms with E-state index in [1.807, 2.05) is 37.3 Å². The first-order chi connectivity index (χ1) is 8.97. The average molecular weight is 468 g/mol. The largest absolute Gasteiger partial charge is 0.345 e. The Labute approximate surface area is 141 Å². The van der Waals surface area contributed by atoms with Crippen molar-refractivity contribution in [2.75, 3.05) is 0 Å². The quantitative estimate of drug-likeness (QED) is 0.632. The molecule has 0 saturated carbocycles. The van der Waals surface area contributed by atoms with Gasteiger partial charge in [0.1, 0.15) is 0 Å². The van der Waals surface area contributed by atoms with Crippen molar-refractivity contribution in [3.05, 3.63) is 53.5 Å². The maximum atomic E-state index is 12.1. The lowest BCUT2D eigenvalue weighted by molar-refractivity contribution is 0.0944. The van der Waals surface area contributed by atoms with E-state index in [1.54, 1.807) is 0 Å². The third-order valence-electron chi connectivity index (χ3n) is 2.59. The molecule has 1 amide bonds. The summed E-state index contributed by atoms with van der Waals surface area (Å²) in [6, 6.07) is 9.72. The fourth-order valence-corrected chi connectivity index (χ4v) is 3.76. The first kappa shape index (κ1) is 15.2. The lowest BCUT2D eigenvalue weighted by atomic mass is 10.1. The second-order valence-corrected chi connectivity index (χ2v) is 8.12. The molecule has 1 atom stereocenters. The SMILES string of the molecule is CC(NC(=O)c1cc(Br)c(Br)s1)c1ccc(Br)cc1. The fraction of sp³-hybridized carbons (Fsp3) is 0.154. The summed E-state index contributed by atoms with van der Waals surface area (Å²) >= 11 is 11.6. The van der Waals surface area contributed by atoms with Gasteiger partial charge >= 0.3 is 0 Å². The standard InChI is InChI=1S/C13H10Br3NOS/c1-7(8-2-4-9(14)5-3-8)17-13(18)11-6-10(15)12(16)19-11/h2-7H,1H3,(H,17,18). The molecule has 0 aliphatic carbocycles. The van der Waals surface area contributed by atoms with Crippen LogP contribution in [0.5, 0.6) is 0 Å². The third kappa shape index (κ3) is 3.90. The van der Waals surface area contributed by atoms with E-state index >= 15 is 0 Å². The highest BCUT2D eigenvalue weighted by Gasteiger charge is 2.15. The normalized spacial score (nSPS) is 12.2. The topological polar surface area (TPSA) is 29.1 Å². The van der Waals surface area contributed by atoms with Gasteiger partial charge in [0.15, 0.2) is 0 Å². The van der Waals surface area contributed by atoms with Gasteiger partial charge < -0.3 is 5.32 Å². The molecule has 0 fully saturated rings. The van der Waals surface area contributed by atoms with Gasteiger partial charge in [-0.2, -0.15) is 0 Å². The maximum absolute atomic E-state index is 12.1. The van der Waals surface area contributed by atoms with Gasteiger partial charge in [0.05, 0.1) is 14.7 Å². The van der Waals surface area contributed by atoms with Crippen LogP contribution in [0.1, 0.15) is 28.2 Å². The highest BCUT2D eigenvalue weighted by atomic mass is 79.9. The number of hydrogen-bond donors (Lipinski definition) is 1. The van der Waals surface area contributed by atoms with Gasteiger partial charge in [-0.15, -0.1) is 11.3 Å². The molecule has 2 rings (SSSR count).